The molecule has 0 fully saturated rings. The van der Waals surface area contributed by atoms with Gasteiger partial charge >= 0.3 is 0 Å². The Morgan fingerprint density at radius 2 is 2.33 bits per heavy atom. The fraction of sp³-hybridized carbons (Fsp3) is 1.00. The summed E-state index contributed by atoms with van der Waals surface area (Å²) in [5.74, 6) is 0. The molecular formula is C6H14N2O. The summed E-state index contributed by atoms with van der Waals surface area (Å²) in [7, 11) is 1.85. The Morgan fingerprint density at radius 1 is 1.67 bits per heavy atom. The van der Waals surface area contributed by atoms with Crippen molar-refractivity contribution >= 4 is 0 Å². The summed E-state index contributed by atoms with van der Waals surface area (Å²) >= 11 is 0. The first-order valence-electron chi connectivity index (χ1n) is 3.31. The Morgan fingerprint density at radius 3 is 2.67 bits per heavy atom. The minimum atomic E-state index is 0.285. The van der Waals surface area contributed by atoms with Crippen molar-refractivity contribution in [2.75, 3.05) is 13.6 Å². The van der Waals surface area contributed by atoms with Crippen LogP contribution in [0, 0.1) is 4.91 Å². The molecule has 0 rings (SSSR count). The highest BCUT2D eigenvalue weighted by Gasteiger charge is 2.01. The molecule has 54 valence electrons. The molecule has 0 aromatic carbocycles. The summed E-state index contributed by atoms with van der Waals surface area (Å²) in [5.41, 5.74) is 0. The third-order valence-corrected chi connectivity index (χ3v) is 1.34. The highest BCUT2D eigenvalue weighted by molar-refractivity contribution is 4.65. The average Bonchev–Trinajstić information content (AvgIpc) is 1.88. The molecule has 9 heavy (non-hydrogen) atoms. The van der Waals surface area contributed by atoms with Crippen LogP contribution in [0.2, 0.25) is 0 Å². The van der Waals surface area contributed by atoms with Crippen molar-refractivity contribution in [3.8, 4) is 0 Å². The summed E-state index contributed by atoms with van der Waals surface area (Å²) in [6.07, 6.45) is 2.13. The van der Waals surface area contributed by atoms with Crippen molar-refractivity contribution in [2.24, 2.45) is 5.18 Å². The molecule has 0 amide bonds. The van der Waals surface area contributed by atoms with Gasteiger partial charge in [-0.25, -0.2) is 0 Å². The van der Waals surface area contributed by atoms with E-state index in [4.69, 9.17) is 0 Å². The number of hydrogen-bond donors (Lipinski definition) is 1. The predicted molar refractivity (Wildman–Crippen MR) is 38.4 cm³/mol. The normalized spacial score (nSPS) is 13.1. The molecule has 3 heteroatoms. The summed E-state index contributed by atoms with van der Waals surface area (Å²) in [6.45, 7) is 2.49. The lowest BCUT2D eigenvalue weighted by atomic mass is 10.2. The largest absolute Gasteiger partial charge is 0.315 e. The highest BCUT2D eigenvalue weighted by atomic mass is 16.3. The van der Waals surface area contributed by atoms with Crippen LogP contribution in [0.4, 0.5) is 0 Å². The number of nitrogens with one attached hydrogen (secondary N) is 1. The molecule has 0 radical (unpaired) electrons. The molecule has 0 spiro atoms. The molecule has 0 saturated heterocycles. The fourth-order valence-electron chi connectivity index (χ4n) is 0.765. The molecule has 0 aliphatic heterocycles. The van der Waals surface area contributed by atoms with Gasteiger partial charge in [-0.2, -0.15) is 4.91 Å². The van der Waals surface area contributed by atoms with Crippen molar-refractivity contribution in [3.05, 3.63) is 4.91 Å². The second-order valence-corrected chi connectivity index (χ2v) is 2.09. The van der Waals surface area contributed by atoms with Gasteiger partial charge in [0.2, 0.25) is 0 Å². The van der Waals surface area contributed by atoms with Crippen LogP contribution < -0.4 is 5.32 Å². The number of hydrogen-bond acceptors (Lipinski definition) is 3. The second kappa shape index (κ2) is 5.69. The highest BCUT2D eigenvalue weighted by Crippen LogP contribution is 1.94. The van der Waals surface area contributed by atoms with E-state index in [1.807, 2.05) is 7.05 Å². The summed E-state index contributed by atoms with van der Waals surface area (Å²) in [5, 5.41) is 5.82. The molecule has 0 aromatic rings. The second-order valence-electron chi connectivity index (χ2n) is 2.09. The van der Waals surface area contributed by atoms with Gasteiger partial charge in [0, 0.05) is 6.04 Å². The summed E-state index contributed by atoms with van der Waals surface area (Å²) in [6, 6.07) is 0.285. The van der Waals surface area contributed by atoms with E-state index in [1.165, 1.54) is 0 Å². The third-order valence-electron chi connectivity index (χ3n) is 1.34. The summed E-state index contributed by atoms with van der Waals surface area (Å²) in [4.78, 5) is 9.76. The van der Waals surface area contributed by atoms with Gasteiger partial charge in [-0.05, 0) is 13.5 Å². The number of nitrogens with zero attached hydrogens (tertiary/aromatic N) is 1. The molecule has 1 atom stereocenters. The van der Waals surface area contributed by atoms with Crippen molar-refractivity contribution < 1.29 is 0 Å². The lowest BCUT2D eigenvalue weighted by Crippen LogP contribution is -2.27. The molecule has 1 N–H and O–H groups in total. The first-order valence-corrected chi connectivity index (χ1v) is 3.31. The van der Waals surface area contributed by atoms with Crippen molar-refractivity contribution in [3.63, 3.8) is 0 Å². The van der Waals surface area contributed by atoms with E-state index in [2.05, 4.69) is 17.4 Å². The molecule has 0 heterocycles. The minimum absolute atomic E-state index is 0.285. The van der Waals surface area contributed by atoms with Gasteiger partial charge in [0.1, 0.15) is 0 Å². The van der Waals surface area contributed by atoms with E-state index < -0.39 is 0 Å². The van der Waals surface area contributed by atoms with Crippen molar-refractivity contribution in [1.29, 1.82) is 0 Å². The number of likely N-dealkylation sites (N-methyl/N-ethyl adjacent to an activating group) is 1. The quantitative estimate of drug-likeness (QED) is 0.567. The zero-order valence-corrected chi connectivity index (χ0v) is 6.05. The van der Waals surface area contributed by atoms with Crippen LogP contribution in [-0.2, 0) is 0 Å². The standard InChI is InChI=1S/C6H14N2O/c1-3-4-6(7-2)5-8-9/h6-7H,3-5H2,1-2H3. The van der Waals surface area contributed by atoms with Gasteiger partial charge in [-0.15, -0.1) is 0 Å². The van der Waals surface area contributed by atoms with Gasteiger partial charge in [-0.3, -0.25) is 0 Å². The smallest absolute Gasteiger partial charge is 0.0964 e. The maximum atomic E-state index is 9.76. The van der Waals surface area contributed by atoms with E-state index in [0.29, 0.717) is 6.54 Å². The molecule has 0 bridgehead atoms. The zero-order chi connectivity index (χ0) is 7.11. The molecule has 0 aliphatic rings. The van der Waals surface area contributed by atoms with E-state index in [0.717, 1.165) is 12.8 Å². The van der Waals surface area contributed by atoms with E-state index >= 15 is 0 Å². The Balaban J connectivity index is 3.28. The lowest BCUT2D eigenvalue weighted by Gasteiger charge is -2.08. The van der Waals surface area contributed by atoms with Crippen LogP contribution in [0.3, 0.4) is 0 Å². The van der Waals surface area contributed by atoms with Crippen LogP contribution in [0.5, 0.6) is 0 Å². The predicted octanol–water partition coefficient (Wildman–Crippen LogP) is 1.14. The van der Waals surface area contributed by atoms with Crippen molar-refractivity contribution in [2.45, 2.75) is 25.8 Å². The molecule has 1 unspecified atom stereocenters. The average molecular weight is 130 g/mol. The van der Waals surface area contributed by atoms with Crippen LogP contribution in [-0.4, -0.2) is 19.6 Å². The fourth-order valence-corrected chi connectivity index (χ4v) is 0.765. The van der Waals surface area contributed by atoms with Gasteiger partial charge in [-0.1, -0.05) is 18.5 Å². The van der Waals surface area contributed by atoms with Crippen LogP contribution >= 0.6 is 0 Å². The maximum absolute atomic E-state index is 9.76. The first-order chi connectivity index (χ1) is 4.35. The Kier molecular flexibility index (Phi) is 5.41. The summed E-state index contributed by atoms with van der Waals surface area (Å²) < 4.78 is 0. The van der Waals surface area contributed by atoms with Crippen LogP contribution in [0.15, 0.2) is 5.18 Å². The topological polar surface area (TPSA) is 41.5 Å². The van der Waals surface area contributed by atoms with E-state index in [1.54, 1.807) is 0 Å². The van der Waals surface area contributed by atoms with Gasteiger partial charge in [0.25, 0.3) is 0 Å². The zero-order valence-electron chi connectivity index (χ0n) is 6.05. The SMILES string of the molecule is CCCC(CN=O)NC. The first kappa shape index (κ1) is 8.56. The Hall–Kier alpha value is -0.440. The monoisotopic (exact) mass is 130 g/mol. The van der Waals surface area contributed by atoms with Crippen LogP contribution in [0.1, 0.15) is 19.8 Å². The van der Waals surface area contributed by atoms with E-state index in [-0.39, 0.29) is 6.04 Å². The van der Waals surface area contributed by atoms with Gasteiger partial charge in [0.05, 0.1) is 6.54 Å². The molecule has 0 aliphatic carbocycles. The van der Waals surface area contributed by atoms with E-state index in [9.17, 15) is 4.91 Å². The van der Waals surface area contributed by atoms with Crippen molar-refractivity contribution in [1.82, 2.24) is 5.32 Å². The number of nitroso groups, excluding NO2 is 1. The molecule has 0 saturated carbocycles. The van der Waals surface area contributed by atoms with Gasteiger partial charge < -0.3 is 5.32 Å². The number of rotatable bonds is 5. The Bertz CT molecular complexity index is 75.5. The Labute approximate surface area is 55.8 Å². The maximum Gasteiger partial charge on any atom is 0.0964 e. The molecular weight excluding hydrogens is 116 g/mol. The lowest BCUT2D eigenvalue weighted by molar-refractivity contribution is 0.525. The molecule has 0 aromatic heterocycles. The van der Waals surface area contributed by atoms with Gasteiger partial charge in [0.15, 0.2) is 0 Å². The molecule has 3 nitrogen and oxygen atoms in total. The third kappa shape index (κ3) is 4.09. The minimum Gasteiger partial charge on any atom is -0.315 e. The van der Waals surface area contributed by atoms with Crippen LogP contribution in [0.25, 0.3) is 0 Å².